The largest absolute Gasteiger partial charge is 0.377 e. The lowest BCUT2D eigenvalue weighted by Crippen LogP contribution is -2.37. The van der Waals surface area contributed by atoms with E-state index in [2.05, 4.69) is 20.9 Å². The Labute approximate surface area is 108 Å². The van der Waals surface area contributed by atoms with E-state index in [1.165, 1.54) is 32.2 Å². The third kappa shape index (κ3) is 2.34. The van der Waals surface area contributed by atoms with E-state index < -0.39 is 0 Å². The minimum Gasteiger partial charge on any atom is -0.377 e. The molecule has 0 radical (unpaired) electrons. The molecule has 98 valence electrons. The molecule has 0 aromatic carbocycles. The number of nitrogens with zero attached hydrogens (tertiary/aromatic N) is 3. The molecule has 18 heavy (non-hydrogen) atoms. The fourth-order valence-corrected chi connectivity index (χ4v) is 2.96. The lowest BCUT2D eigenvalue weighted by atomic mass is 9.95. The monoisotopic (exact) mass is 247 g/mol. The molecule has 3 rings (SSSR count). The van der Waals surface area contributed by atoms with Crippen molar-refractivity contribution in [3.63, 3.8) is 0 Å². The molecule has 2 fully saturated rings. The van der Waals surface area contributed by atoms with Crippen LogP contribution in [0.25, 0.3) is 0 Å². The highest BCUT2D eigenvalue weighted by Crippen LogP contribution is 2.52. The van der Waals surface area contributed by atoms with Crippen LogP contribution in [-0.2, 0) is 11.3 Å². The van der Waals surface area contributed by atoms with Crippen molar-refractivity contribution in [2.24, 2.45) is 5.41 Å². The van der Waals surface area contributed by atoms with E-state index in [-0.39, 0.29) is 0 Å². The first-order chi connectivity index (χ1) is 8.71. The lowest BCUT2D eigenvalue weighted by Gasteiger charge is -2.34. The Morgan fingerprint density at radius 1 is 1.33 bits per heavy atom. The molecule has 0 N–H and O–H groups in total. The van der Waals surface area contributed by atoms with E-state index in [1.807, 2.05) is 6.92 Å². The first-order valence-electron chi connectivity index (χ1n) is 6.79. The molecule has 1 aromatic heterocycles. The van der Waals surface area contributed by atoms with Gasteiger partial charge in [-0.05, 0) is 38.0 Å². The topological polar surface area (TPSA) is 38.2 Å². The van der Waals surface area contributed by atoms with Gasteiger partial charge in [0.2, 0.25) is 0 Å². The van der Waals surface area contributed by atoms with Gasteiger partial charge in [-0.2, -0.15) is 0 Å². The molecule has 4 nitrogen and oxygen atoms in total. The normalized spacial score (nSPS) is 21.3. The maximum atomic E-state index is 5.13. The number of aromatic nitrogens is 2. The van der Waals surface area contributed by atoms with Crippen LogP contribution in [0.2, 0.25) is 0 Å². The predicted molar refractivity (Wildman–Crippen MR) is 70.6 cm³/mol. The van der Waals surface area contributed by atoms with Crippen LogP contribution >= 0.6 is 0 Å². The van der Waals surface area contributed by atoms with E-state index in [0.29, 0.717) is 12.0 Å². The van der Waals surface area contributed by atoms with Gasteiger partial charge in [0.15, 0.2) is 5.82 Å². The Kier molecular flexibility index (Phi) is 2.98. The summed E-state index contributed by atoms with van der Waals surface area (Å²) in [5.41, 5.74) is 1.65. The lowest BCUT2D eigenvalue weighted by molar-refractivity contribution is 0.177. The predicted octanol–water partition coefficient (Wildman–Crippen LogP) is 2.31. The van der Waals surface area contributed by atoms with E-state index in [0.717, 1.165) is 23.9 Å². The third-order valence-electron chi connectivity index (χ3n) is 4.10. The van der Waals surface area contributed by atoms with Crippen LogP contribution in [0.4, 0.5) is 5.82 Å². The fraction of sp³-hybridized carbons (Fsp3) is 0.714. The summed E-state index contributed by atoms with van der Waals surface area (Å²) < 4.78 is 5.13. The van der Waals surface area contributed by atoms with Gasteiger partial charge in [0, 0.05) is 32.0 Å². The maximum absolute atomic E-state index is 5.13. The molecule has 1 saturated carbocycles. The van der Waals surface area contributed by atoms with Crippen LogP contribution in [0, 0.1) is 12.3 Å². The van der Waals surface area contributed by atoms with Crippen molar-refractivity contribution in [3.05, 3.63) is 17.6 Å². The number of hydrogen-bond acceptors (Lipinski definition) is 4. The minimum absolute atomic E-state index is 0.494. The van der Waals surface area contributed by atoms with Gasteiger partial charge in [0.05, 0.1) is 0 Å². The SMILES string of the molecule is COCc1nc(C)cc(N2CCCC3(CC3)C2)n1. The zero-order valence-electron chi connectivity index (χ0n) is 11.3. The van der Waals surface area contributed by atoms with Gasteiger partial charge in [0.1, 0.15) is 12.4 Å². The Morgan fingerprint density at radius 2 is 2.17 bits per heavy atom. The highest BCUT2D eigenvalue weighted by molar-refractivity contribution is 5.41. The van der Waals surface area contributed by atoms with Crippen molar-refractivity contribution in [1.29, 1.82) is 0 Å². The molecule has 0 atom stereocenters. The Balaban J connectivity index is 1.81. The second-order valence-electron chi connectivity index (χ2n) is 5.74. The van der Waals surface area contributed by atoms with Gasteiger partial charge >= 0.3 is 0 Å². The number of rotatable bonds is 3. The molecule has 1 aromatic rings. The first-order valence-corrected chi connectivity index (χ1v) is 6.79. The smallest absolute Gasteiger partial charge is 0.156 e. The number of hydrogen-bond donors (Lipinski definition) is 0. The molecule has 1 spiro atoms. The van der Waals surface area contributed by atoms with Gasteiger partial charge in [-0.1, -0.05) is 0 Å². The molecule has 4 heteroatoms. The summed E-state index contributed by atoms with van der Waals surface area (Å²) in [7, 11) is 1.69. The van der Waals surface area contributed by atoms with Crippen LogP contribution in [-0.4, -0.2) is 30.2 Å². The van der Waals surface area contributed by atoms with Gasteiger partial charge in [-0.25, -0.2) is 9.97 Å². The van der Waals surface area contributed by atoms with Crippen LogP contribution in [0.3, 0.4) is 0 Å². The number of piperidine rings is 1. The number of methoxy groups -OCH3 is 1. The highest BCUT2D eigenvalue weighted by atomic mass is 16.5. The van der Waals surface area contributed by atoms with Crippen LogP contribution in [0.1, 0.15) is 37.2 Å². The quantitative estimate of drug-likeness (QED) is 0.821. The van der Waals surface area contributed by atoms with Gasteiger partial charge in [-0.3, -0.25) is 0 Å². The van der Waals surface area contributed by atoms with E-state index >= 15 is 0 Å². The molecule has 0 bridgehead atoms. The van der Waals surface area contributed by atoms with E-state index in [4.69, 9.17) is 4.74 Å². The number of anilines is 1. The molecule has 1 aliphatic heterocycles. The second kappa shape index (κ2) is 4.50. The number of ether oxygens (including phenoxy) is 1. The summed E-state index contributed by atoms with van der Waals surface area (Å²) in [6.45, 7) is 4.83. The van der Waals surface area contributed by atoms with Gasteiger partial charge in [-0.15, -0.1) is 0 Å². The van der Waals surface area contributed by atoms with Crippen molar-refractivity contribution in [1.82, 2.24) is 9.97 Å². The summed E-state index contributed by atoms with van der Waals surface area (Å²) in [5.74, 6) is 1.88. The molecule has 2 heterocycles. The summed E-state index contributed by atoms with van der Waals surface area (Å²) in [6, 6.07) is 2.10. The zero-order valence-corrected chi connectivity index (χ0v) is 11.3. The molecule has 0 amide bonds. The Bertz CT molecular complexity index is 443. The average molecular weight is 247 g/mol. The van der Waals surface area contributed by atoms with E-state index in [9.17, 15) is 0 Å². The third-order valence-corrected chi connectivity index (χ3v) is 4.10. The summed E-state index contributed by atoms with van der Waals surface area (Å²) in [5, 5.41) is 0. The van der Waals surface area contributed by atoms with Crippen LogP contribution in [0.15, 0.2) is 6.07 Å². The number of aryl methyl sites for hydroxylation is 1. The average Bonchev–Trinajstić information content (AvgIpc) is 3.08. The van der Waals surface area contributed by atoms with Gasteiger partial charge < -0.3 is 9.64 Å². The van der Waals surface area contributed by atoms with Crippen molar-refractivity contribution < 1.29 is 4.74 Å². The molecular formula is C14H21N3O. The molecule has 1 aliphatic carbocycles. The van der Waals surface area contributed by atoms with Crippen LogP contribution in [0.5, 0.6) is 0 Å². The Hall–Kier alpha value is -1.16. The first kappa shape index (κ1) is 11.9. The summed E-state index contributed by atoms with van der Waals surface area (Å²) in [6.07, 6.45) is 5.50. The Morgan fingerprint density at radius 3 is 2.89 bits per heavy atom. The zero-order chi connectivity index (χ0) is 12.6. The summed E-state index contributed by atoms with van der Waals surface area (Å²) in [4.78, 5) is 11.5. The van der Waals surface area contributed by atoms with Crippen molar-refractivity contribution in [3.8, 4) is 0 Å². The van der Waals surface area contributed by atoms with Crippen molar-refractivity contribution >= 4 is 5.82 Å². The van der Waals surface area contributed by atoms with E-state index in [1.54, 1.807) is 7.11 Å². The second-order valence-corrected chi connectivity index (χ2v) is 5.74. The van der Waals surface area contributed by atoms with Crippen LogP contribution < -0.4 is 4.90 Å². The minimum atomic E-state index is 0.494. The molecular weight excluding hydrogens is 226 g/mol. The van der Waals surface area contributed by atoms with Crippen molar-refractivity contribution in [2.45, 2.75) is 39.2 Å². The molecule has 2 aliphatic rings. The highest BCUT2D eigenvalue weighted by Gasteiger charge is 2.45. The maximum Gasteiger partial charge on any atom is 0.156 e. The summed E-state index contributed by atoms with van der Waals surface area (Å²) >= 11 is 0. The molecule has 0 unspecified atom stereocenters. The fourth-order valence-electron chi connectivity index (χ4n) is 2.96. The van der Waals surface area contributed by atoms with Crippen molar-refractivity contribution in [2.75, 3.05) is 25.1 Å². The van der Waals surface area contributed by atoms with Gasteiger partial charge in [0.25, 0.3) is 0 Å². The molecule has 1 saturated heterocycles. The standard InChI is InChI=1S/C14H21N3O/c1-11-8-13(16-12(15-11)9-18-2)17-7-3-4-14(10-17)5-6-14/h8H,3-7,9-10H2,1-2H3.